The molecule has 1 unspecified atom stereocenters. The van der Waals surface area contributed by atoms with E-state index in [0.29, 0.717) is 24.1 Å². The van der Waals surface area contributed by atoms with Gasteiger partial charge in [0.05, 0.1) is 11.1 Å². The Balaban J connectivity index is 0.00000137. The fourth-order valence-electron chi connectivity index (χ4n) is 3.20. The number of unbranched alkanes of at least 4 members (excludes halogenated alkanes) is 1. The average molecular weight is 503 g/mol. The molecule has 0 spiro atoms. The molecule has 2 aromatic carbocycles. The van der Waals surface area contributed by atoms with Crippen LogP contribution in [0.2, 0.25) is 0 Å². The number of fused-ring (bicyclic) bond motifs is 1. The van der Waals surface area contributed by atoms with E-state index in [1.807, 2.05) is 44.0 Å². The molecular weight excluding hydrogens is 464 g/mol. The molecule has 0 saturated carbocycles. The van der Waals surface area contributed by atoms with Gasteiger partial charge >= 0.3 is 6.09 Å². The lowest BCUT2D eigenvalue weighted by Crippen LogP contribution is -2.33. The number of hydrogen-bond donors (Lipinski definition) is 1. The molecule has 9 heteroatoms. The van der Waals surface area contributed by atoms with E-state index in [4.69, 9.17) is 9.53 Å². The topological polar surface area (TPSA) is 111 Å². The number of rotatable bonds is 8. The van der Waals surface area contributed by atoms with Crippen LogP contribution in [0.1, 0.15) is 52.5 Å². The predicted octanol–water partition coefficient (Wildman–Crippen LogP) is 4.11. The Morgan fingerprint density at radius 2 is 1.33 bits per heavy atom. The van der Waals surface area contributed by atoms with Gasteiger partial charge in [-0.15, -0.1) is 0 Å². The minimum atomic E-state index is -0.447. The van der Waals surface area contributed by atoms with Gasteiger partial charge < -0.3 is 24.3 Å². The number of alkyl carbamates (subject to hydrolysis) is 1. The van der Waals surface area contributed by atoms with E-state index in [1.54, 1.807) is 52.7 Å². The van der Waals surface area contributed by atoms with Crippen molar-refractivity contribution in [3.63, 3.8) is 0 Å². The van der Waals surface area contributed by atoms with Crippen molar-refractivity contribution in [1.82, 2.24) is 10.2 Å². The number of ether oxygens (including phenoxy) is 3. The summed E-state index contributed by atoms with van der Waals surface area (Å²) >= 11 is 0. The van der Waals surface area contributed by atoms with E-state index in [9.17, 15) is 14.4 Å². The maximum absolute atomic E-state index is 12.3. The van der Waals surface area contributed by atoms with Crippen molar-refractivity contribution >= 4 is 24.7 Å². The van der Waals surface area contributed by atoms with Crippen LogP contribution in [0.4, 0.5) is 4.79 Å². The quantitative estimate of drug-likeness (QED) is 0.427. The van der Waals surface area contributed by atoms with Crippen molar-refractivity contribution in [2.75, 3.05) is 35.0 Å². The third-order valence-corrected chi connectivity index (χ3v) is 4.72. The fourth-order valence-corrected chi connectivity index (χ4v) is 3.20. The summed E-state index contributed by atoms with van der Waals surface area (Å²) in [6.07, 6.45) is 1.77. The lowest BCUT2D eigenvalue weighted by molar-refractivity contribution is -0.0980. The third-order valence-electron chi connectivity index (χ3n) is 4.72. The van der Waals surface area contributed by atoms with Crippen LogP contribution in [0, 0.1) is 0 Å². The highest BCUT2D eigenvalue weighted by atomic mass is 16.5. The van der Waals surface area contributed by atoms with Gasteiger partial charge in [0.1, 0.15) is 13.4 Å². The van der Waals surface area contributed by atoms with Gasteiger partial charge in [-0.2, -0.15) is 0 Å². The molecule has 1 N–H and O–H groups in total. The van der Waals surface area contributed by atoms with Gasteiger partial charge in [-0.3, -0.25) is 14.5 Å². The first kappa shape index (κ1) is 32.4. The number of imide groups is 1. The second-order valence-electron chi connectivity index (χ2n) is 7.73. The van der Waals surface area contributed by atoms with Crippen molar-refractivity contribution < 1.29 is 33.4 Å². The van der Waals surface area contributed by atoms with Gasteiger partial charge in [0.2, 0.25) is 0 Å². The van der Waals surface area contributed by atoms with Crippen LogP contribution in [-0.2, 0) is 25.6 Å². The van der Waals surface area contributed by atoms with Crippen LogP contribution >= 0.6 is 0 Å². The summed E-state index contributed by atoms with van der Waals surface area (Å²) in [5, 5.41) is 2.80. The monoisotopic (exact) mass is 502 g/mol. The normalized spacial score (nSPS) is 12.0. The molecule has 1 heterocycles. The molecular formula is C27H38N2O7. The molecule has 0 fully saturated rings. The summed E-state index contributed by atoms with van der Waals surface area (Å²) in [4.78, 5) is 45.8. The molecule has 0 saturated heterocycles. The Morgan fingerprint density at radius 1 is 0.861 bits per heavy atom. The van der Waals surface area contributed by atoms with Gasteiger partial charge in [-0.05, 0) is 43.9 Å². The number of benzene rings is 2. The molecule has 9 nitrogen and oxygen atoms in total. The lowest BCUT2D eigenvalue weighted by Gasteiger charge is -2.16. The molecule has 0 bridgehead atoms. The Hall–Kier alpha value is -3.56. The molecule has 2 aromatic rings. The Kier molecular flexibility index (Phi) is 17.8. The number of nitrogens with zero attached hydrogens (tertiary/aromatic N) is 1. The zero-order valence-corrected chi connectivity index (χ0v) is 21.8. The van der Waals surface area contributed by atoms with Crippen LogP contribution < -0.4 is 5.32 Å². The first-order valence-electron chi connectivity index (χ1n) is 11.4. The van der Waals surface area contributed by atoms with Crippen LogP contribution in [0.25, 0.3) is 0 Å². The molecule has 3 amide bonds. The molecule has 0 aromatic heterocycles. The molecule has 1 aliphatic rings. The summed E-state index contributed by atoms with van der Waals surface area (Å²) in [5.74, 6) is -0.451. The van der Waals surface area contributed by atoms with Crippen molar-refractivity contribution in [3.05, 3.63) is 71.3 Å². The van der Waals surface area contributed by atoms with E-state index >= 15 is 0 Å². The minimum Gasteiger partial charge on any atom is -0.445 e. The van der Waals surface area contributed by atoms with Crippen LogP contribution in [0.15, 0.2) is 54.6 Å². The third kappa shape index (κ3) is 11.7. The van der Waals surface area contributed by atoms with Gasteiger partial charge in [0.15, 0.2) is 0 Å². The largest absolute Gasteiger partial charge is 0.445 e. The van der Waals surface area contributed by atoms with E-state index in [1.165, 1.54) is 4.90 Å². The lowest BCUT2D eigenvalue weighted by atomic mass is 10.1. The van der Waals surface area contributed by atoms with Gasteiger partial charge in [0, 0.05) is 41.0 Å². The molecule has 0 radical (unpaired) electrons. The molecule has 1 atom stereocenters. The summed E-state index contributed by atoms with van der Waals surface area (Å²) in [6, 6.07) is 16.3. The highest BCUT2D eigenvalue weighted by Crippen LogP contribution is 2.22. The molecule has 1 aliphatic heterocycles. The highest BCUT2D eigenvalue weighted by molar-refractivity contribution is 6.21. The maximum atomic E-state index is 12.3. The van der Waals surface area contributed by atoms with E-state index in [0.717, 1.165) is 18.4 Å². The fraction of sp³-hybridized carbons (Fsp3) is 0.407. The summed E-state index contributed by atoms with van der Waals surface area (Å²) in [6.45, 7) is 4.53. The number of carbonyl (C=O) groups excluding carboxylic acids is 4. The van der Waals surface area contributed by atoms with Crippen molar-refractivity contribution in [1.29, 1.82) is 0 Å². The maximum Gasteiger partial charge on any atom is 0.407 e. The Bertz CT molecular complexity index is 869. The smallest absolute Gasteiger partial charge is 0.407 e. The van der Waals surface area contributed by atoms with Crippen LogP contribution in [-0.4, -0.2) is 70.6 Å². The van der Waals surface area contributed by atoms with Crippen LogP contribution in [0.3, 0.4) is 0 Å². The molecule has 198 valence electrons. The van der Waals surface area contributed by atoms with Crippen molar-refractivity contribution in [2.24, 2.45) is 0 Å². The summed E-state index contributed by atoms with van der Waals surface area (Å²) in [5.41, 5.74) is 1.89. The first-order valence-corrected chi connectivity index (χ1v) is 11.4. The summed E-state index contributed by atoms with van der Waals surface area (Å²) in [7, 11) is 6.50. The van der Waals surface area contributed by atoms with Crippen molar-refractivity contribution in [3.8, 4) is 0 Å². The minimum absolute atomic E-state index is 0.0505. The number of nitrogens with one attached hydrogen (secondary N) is 1. The second-order valence-corrected chi connectivity index (χ2v) is 7.73. The zero-order chi connectivity index (χ0) is 27.3. The Morgan fingerprint density at radius 3 is 1.83 bits per heavy atom. The van der Waals surface area contributed by atoms with Crippen molar-refractivity contribution in [2.45, 2.75) is 38.8 Å². The van der Waals surface area contributed by atoms with E-state index < -0.39 is 6.09 Å². The van der Waals surface area contributed by atoms with E-state index in [-0.39, 0.29) is 24.5 Å². The van der Waals surface area contributed by atoms with Crippen LogP contribution in [0.5, 0.6) is 0 Å². The molecule has 3 rings (SSSR count). The van der Waals surface area contributed by atoms with Gasteiger partial charge in [-0.25, -0.2) is 4.79 Å². The summed E-state index contributed by atoms with van der Waals surface area (Å²) < 4.78 is 13.7. The standard InChI is InChI=1S/C22H24N2O4.2C2H6O.CH2O/c1-16(23-22(27)28-15-17-10-3-2-4-11-17)9-7-8-14-24-20(25)18-12-5-6-13-19(18)21(24)26;2*1-3-2;1-2/h2-6,10-13,16H,7-9,14-15H2,1H3,(H,23,27);2*1-2H3;1H2. The van der Waals surface area contributed by atoms with E-state index in [2.05, 4.69) is 14.8 Å². The SMILES string of the molecule is C=O.CC(CCCCN1C(=O)c2ccccc2C1=O)NC(=O)OCc1ccccc1.COC.COC. The molecule has 0 aliphatic carbocycles. The Labute approximate surface area is 213 Å². The number of carbonyl (C=O) groups is 4. The van der Waals surface area contributed by atoms with Gasteiger partial charge in [0.25, 0.3) is 11.8 Å². The molecule has 36 heavy (non-hydrogen) atoms. The number of amides is 3. The number of hydrogen-bond acceptors (Lipinski definition) is 7. The zero-order valence-electron chi connectivity index (χ0n) is 21.8. The highest BCUT2D eigenvalue weighted by Gasteiger charge is 2.34. The number of methoxy groups -OCH3 is 2. The first-order chi connectivity index (χ1) is 17.4. The second kappa shape index (κ2) is 19.7. The predicted molar refractivity (Wildman–Crippen MR) is 138 cm³/mol. The average Bonchev–Trinajstić information content (AvgIpc) is 3.13. The van der Waals surface area contributed by atoms with Gasteiger partial charge in [-0.1, -0.05) is 42.5 Å².